The van der Waals surface area contributed by atoms with Gasteiger partial charge in [0, 0.05) is 11.8 Å². The molecule has 0 spiro atoms. The topological polar surface area (TPSA) is 90.8 Å². The molecule has 1 aliphatic rings. The van der Waals surface area contributed by atoms with E-state index in [4.69, 9.17) is 0 Å². The number of carbonyl (C=O) groups excluding carboxylic acids is 2. The number of rotatable bonds is 5. The summed E-state index contributed by atoms with van der Waals surface area (Å²) in [5, 5.41) is 16.8. The summed E-state index contributed by atoms with van der Waals surface area (Å²) >= 11 is 0. The average Bonchev–Trinajstić information content (AvgIpc) is 3.00. The number of carbonyl (C=O) groups is 2. The lowest BCUT2D eigenvalue weighted by atomic mass is 10.1. The molecule has 0 aromatic heterocycles. The number of para-hydroxylation sites is 1. The second kappa shape index (κ2) is 7.76. The predicted octanol–water partition coefficient (Wildman–Crippen LogP) is 2.26. The van der Waals surface area contributed by atoms with E-state index >= 15 is 0 Å². The van der Waals surface area contributed by atoms with E-state index < -0.39 is 5.91 Å². The van der Waals surface area contributed by atoms with Crippen LogP contribution in [0.5, 0.6) is 5.75 Å². The van der Waals surface area contributed by atoms with Gasteiger partial charge in [-0.3, -0.25) is 9.59 Å². The molecule has 1 saturated carbocycles. The van der Waals surface area contributed by atoms with Crippen molar-refractivity contribution in [2.24, 2.45) is 5.10 Å². The third-order valence-electron chi connectivity index (χ3n) is 3.97. The first-order chi connectivity index (χ1) is 11.0. The molecular weight excluding hydrogens is 294 g/mol. The molecule has 2 rings (SSSR count). The van der Waals surface area contributed by atoms with Gasteiger partial charge in [-0.15, -0.1) is 0 Å². The van der Waals surface area contributed by atoms with Gasteiger partial charge in [0.1, 0.15) is 5.75 Å². The normalized spacial score (nSPS) is 15.5. The van der Waals surface area contributed by atoms with Crippen LogP contribution in [0.3, 0.4) is 0 Å². The van der Waals surface area contributed by atoms with Gasteiger partial charge in [0.25, 0.3) is 5.91 Å². The van der Waals surface area contributed by atoms with E-state index in [0.717, 1.165) is 25.7 Å². The summed E-state index contributed by atoms with van der Waals surface area (Å²) in [6.45, 7) is 3.40. The first-order valence-corrected chi connectivity index (χ1v) is 7.89. The van der Waals surface area contributed by atoms with Crippen molar-refractivity contribution in [3.63, 3.8) is 0 Å². The van der Waals surface area contributed by atoms with E-state index in [0.29, 0.717) is 11.3 Å². The van der Waals surface area contributed by atoms with E-state index in [1.165, 1.54) is 6.07 Å². The maximum absolute atomic E-state index is 12.0. The molecule has 124 valence electrons. The largest absolute Gasteiger partial charge is 0.507 e. The van der Waals surface area contributed by atoms with Crippen molar-refractivity contribution in [2.45, 2.75) is 52.0 Å². The monoisotopic (exact) mass is 317 g/mol. The Morgan fingerprint density at radius 1 is 1.30 bits per heavy atom. The van der Waals surface area contributed by atoms with Gasteiger partial charge in [-0.25, -0.2) is 5.43 Å². The second-order valence-electron chi connectivity index (χ2n) is 5.98. The molecule has 0 unspecified atom stereocenters. The maximum Gasteiger partial charge on any atom is 0.275 e. The van der Waals surface area contributed by atoms with E-state index in [-0.39, 0.29) is 29.7 Å². The van der Waals surface area contributed by atoms with Crippen molar-refractivity contribution in [3.05, 3.63) is 29.3 Å². The van der Waals surface area contributed by atoms with Crippen LogP contribution in [0, 0.1) is 6.92 Å². The Kier molecular flexibility index (Phi) is 5.73. The van der Waals surface area contributed by atoms with Gasteiger partial charge >= 0.3 is 0 Å². The maximum atomic E-state index is 12.0. The smallest absolute Gasteiger partial charge is 0.275 e. The van der Waals surface area contributed by atoms with Gasteiger partial charge in [0.2, 0.25) is 5.91 Å². The number of aromatic hydroxyl groups is 1. The second-order valence-corrected chi connectivity index (χ2v) is 5.98. The highest BCUT2D eigenvalue weighted by Crippen LogP contribution is 2.21. The lowest BCUT2D eigenvalue weighted by Crippen LogP contribution is -2.33. The molecule has 0 atom stereocenters. The highest BCUT2D eigenvalue weighted by molar-refractivity contribution is 6.01. The fourth-order valence-electron chi connectivity index (χ4n) is 2.67. The number of aryl methyl sites for hydroxylation is 1. The van der Waals surface area contributed by atoms with E-state index in [1.807, 2.05) is 0 Å². The van der Waals surface area contributed by atoms with Crippen LogP contribution in [0.1, 0.15) is 54.9 Å². The van der Waals surface area contributed by atoms with Crippen molar-refractivity contribution in [1.82, 2.24) is 10.7 Å². The molecule has 0 bridgehead atoms. The van der Waals surface area contributed by atoms with Crippen LogP contribution in [0.2, 0.25) is 0 Å². The Bertz CT molecular complexity index is 620. The predicted molar refractivity (Wildman–Crippen MR) is 88.4 cm³/mol. The van der Waals surface area contributed by atoms with Gasteiger partial charge in [0.05, 0.1) is 12.0 Å². The van der Waals surface area contributed by atoms with Crippen molar-refractivity contribution in [1.29, 1.82) is 0 Å². The molecule has 3 N–H and O–H groups in total. The summed E-state index contributed by atoms with van der Waals surface area (Å²) in [5.41, 5.74) is 3.67. The minimum absolute atomic E-state index is 0.0585. The first kappa shape index (κ1) is 17.0. The average molecular weight is 317 g/mol. The number of amides is 2. The Morgan fingerprint density at radius 2 is 2.00 bits per heavy atom. The summed E-state index contributed by atoms with van der Waals surface area (Å²) in [4.78, 5) is 23.9. The molecule has 0 radical (unpaired) electrons. The molecule has 0 heterocycles. The fourth-order valence-corrected chi connectivity index (χ4v) is 2.67. The van der Waals surface area contributed by atoms with Crippen LogP contribution < -0.4 is 10.7 Å². The molecule has 1 aromatic rings. The van der Waals surface area contributed by atoms with Crippen LogP contribution in [0.4, 0.5) is 0 Å². The Hall–Kier alpha value is -2.37. The van der Waals surface area contributed by atoms with Crippen molar-refractivity contribution in [2.75, 3.05) is 0 Å². The van der Waals surface area contributed by atoms with Crippen LogP contribution >= 0.6 is 0 Å². The zero-order valence-electron chi connectivity index (χ0n) is 13.6. The number of hydrazone groups is 1. The summed E-state index contributed by atoms with van der Waals surface area (Å²) in [6, 6.07) is 5.20. The zero-order chi connectivity index (χ0) is 16.8. The third kappa shape index (κ3) is 4.81. The van der Waals surface area contributed by atoms with E-state index in [1.54, 1.807) is 26.0 Å². The van der Waals surface area contributed by atoms with Crippen LogP contribution in [-0.4, -0.2) is 28.7 Å². The van der Waals surface area contributed by atoms with Crippen molar-refractivity contribution >= 4 is 17.5 Å². The number of hydrogen-bond acceptors (Lipinski definition) is 4. The van der Waals surface area contributed by atoms with Gasteiger partial charge in [-0.1, -0.05) is 25.0 Å². The molecule has 1 aliphatic carbocycles. The van der Waals surface area contributed by atoms with Crippen LogP contribution in [-0.2, 0) is 4.79 Å². The van der Waals surface area contributed by atoms with Gasteiger partial charge in [0.15, 0.2) is 0 Å². The van der Waals surface area contributed by atoms with E-state index in [9.17, 15) is 14.7 Å². The minimum atomic E-state index is -0.498. The number of hydrogen-bond donors (Lipinski definition) is 3. The molecule has 2 amide bonds. The molecule has 6 heteroatoms. The SMILES string of the molecule is C/C(CC(=O)NC1CCCC1)=N\NC(=O)c1cccc(C)c1O. The molecule has 23 heavy (non-hydrogen) atoms. The van der Waals surface area contributed by atoms with Crippen LogP contribution in [0.25, 0.3) is 0 Å². The highest BCUT2D eigenvalue weighted by Gasteiger charge is 2.17. The Labute approximate surface area is 136 Å². The minimum Gasteiger partial charge on any atom is -0.507 e. The molecule has 0 saturated heterocycles. The lowest BCUT2D eigenvalue weighted by Gasteiger charge is -2.11. The lowest BCUT2D eigenvalue weighted by molar-refractivity contribution is -0.120. The van der Waals surface area contributed by atoms with Crippen molar-refractivity contribution < 1.29 is 14.7 Å². The molecule has 0 aliphatic heterocycles. The number of benzene rings is 1. The summed E-state index contributed by atoms with van der Waals surface area (Å²) in [6.07, 6.45) is 4.54. The van der Waals surface area contributed by atoms with Gasteiger partial charge in [-0.05, 0) is 38.3 Å². The van der Waals surface area contributed by atoms with Gasteiger partial charge < -0.3 is 10.4 Å². The number of nitrogens with zero attached hydrogens (tertiary/aromatic N) is 1. The quantitative estimate of drug-likeness (QED) is 0.574. The molecule has 6 nitrogen and oxygen atoms in total. The van der Waals surface area contributed by atoms with E-state index in [2.05, 4.69) is 15.8 Å². The van der Waals surface area contributed by atoms with Gasteiger partial charge in [-0.2, -0.15) is 5.10 Å². The molecular formula is C17H23N3O3. The van der Waals surface area contributed by atoms with Crippen LogP contribution in [0.15, 0.2) is 23.3 Å². The summed E-state index contributed by atoms with van der Waals surface area (Å²) < 4.78 is 0. The Morgan fingerprint density at radius 3 is 2.70 bits per heavy atom. The number of phenols is 1. The van der Waals surface area contributed by atoms with Crippen molar-refractivity contribution in [3.8, 4) is 5.75 Å². The number of phenolic OH excluding ortho intramolecular Hbond substituents is 1. The highest BCUT2D eigenvalue weighted by atomic mass is 16.3. The Balaban J connectivity index is 1.87. The third-order valence-corrected chi connectivity index (χ3v) is 3.97. The fraction of sp³-hybridized carbons (Fsp3) is 0.471. The first-order valence-electron chi connectivity index (χ1n) is 7.89. The zero-order valence-corrected chi connectivity index (χ0v) is 13.6. The summed E-state index contributed by atoms with van der Waals surface area (Å²) in [7, 11) is 0. The standard InChI is InChI=1S/C17H23N3O3/c1-11-6-5-9-14(16(11)22)17(23)20-19-12(2)10-15(21)18-13-7-3-4-8-13/h5-6,9,13,22H,3-4,7-8,10H2,1-2H3,(H,18,21)(H,20,23)/b19-12+. The number of nitrogens with one attached hydrogen (secondary N) is 2. The summed E-state index contributed by atoms with van der Waals surface area (Å²) in [5.74, 6) is -0.635. The molecule has 1 aromatic carbocycles. The molecule has 1 fully saturated rings.